The molecule has 0 aliphatic rings. The average Bonchev–Trinajstić information content (AvgIpc) is 3.29. The molecule has 142 valence electrons. The number of carbonyl (C=O) groups excluding carboxylic acids is 2. The van der Waals surface area contributed by atoms with Crippen LogP contribution in [-0.4, -0.2) is 24.2 Å². The molecule has 1 aromatic carbocycles. The summed E-state index contributed by atoms with van der Waals surface area (Å²) in [6.07, 6.45) is 3.02. The van der Waals surface area contributed by atoms with E-state index in [9.17, 15) is 9.59 Å². The summed E-state index contributed by atoms with van der Waals surface area (Å²) in [6, 6.07) is 13.2. The second-order valence-electron chi connectivity index (χ2n) is 5.26. The first-order valence-corrected chi connectivity index (χ1v) is 10.2. The molecular formula is C18H12Cl2N4O2S2. The van der Waals surface area contributed by atoms with Crippen LogP contribution < -0.4 is 10.9 Å². The number of halogens is 2. The number of hydrazone groups is 2. The third-order valence-corrected chi connectivity index (χ3v) is 5.64. The normalized spacial score (nSPS) is 11.2. The van der Waals surface area contributed by atoms with Crippen LogP contribution in [0.1, 0.15) is 30.5 Å². The van der Waals surface area contributed by atoms with Crippen molar-refractivity contribution in [3.63, 3.8) is 0 Å². The fourth-order valence-electron chi connectivity index (χ4n) is 2.01. The average molecular weight is 451 g/mol. The van der Waals surface area contributed by atoms with Gasteiger partial charge >= 0.3 is 0 Å². The van der Waals surface area contributed by atoms with Crippen molar-refractivity contribution in [2.75, 3.05) is 0 Å². The maximum absolute atomic E-state index is 12.1. The number of amides is 2. The number of rotatable bonds is 6. The second kappa shape index (κ2) is 9.61. The minimum Gasteiger partial charge on any atom is -0.267 e. The van der Waals surface area contributed by atoms with E-state index in [2.05, 4.69) is 21.1 Å². The van der Waals surface area contributed by atoms with Gasteiger partial charge in [-0.15, -0.1) is 22.7 Å². The van der Waals surface area contributed by atoms with Crippen molar-refractivity contribution in [1.29, 1.82) is 0 Å². The van der Waals surface area contributed by atoms with E-state index in [0.29, 0.717) is 19.8 Å². The highest BCUT2D eigenvalue weighted by Crippen LogP contribution is 2.20. The Morgan fingerprint density at radius 1 is 0.714 bits per heavy atom. The fourth-order valence-corrected chi connectivity index (χ4v) is 3.87. The van der Waals surface area contributed by atoms with Gasteiger partial charge in [-0.1, -0.05) is 23.2 Å². The van der Waals surface area contributed by atoms with Crippen molar-refractivity contribution in [2.24, 2.45) is 10.2 Å². The van der Waals surface area contributed by atoms with Crippen molar-refractivity contribution in [2.45, 2.75) is 0 Å². The Labute approximate surface area is 178 Å². The summed E-state index contributed by atoms with van der Waals surface area (Å²) in [5, 5.41) is 7.76. The van der Waals surface area contributed by atoms with Gasteiger partial charge in [-0.05, 0) is 48.5 Å². The van der Waals surface area contributed by atoms with Crippen molar-refractivity contribution in [1.82, 2.24) is 10.9 Å². The van der Waals surface area contributed by atoms with Crippen LogP contribution in [0.4, 0.5) is 0 Å². The minimum absolute atomic E-state index is 0.370. The number of nitrogens with one attached hydrogen (secondary N) is 2. The molecule has 0 aliphatic carbocycles. The van der Waals surface area contributed by atoms with E-state index in [0.717, 1.165) is 9.75 Å². The highest BCUT2D eigenvalue weighted by Gasteiger charge is 2.08. The predicted octanol–water partition coefficient (Wildman–Crippen LogP) is 4.64. The summed E-state index contributed by atoms with van der Waals surface area (Å²) in [7, 11) is 0. The van der Waals surface area contributed by atoms with Crippen LogP contribution >= 0.6 is 45.9 Å². The van der Waals surface area contributed by atoms with Crippen molar-refractivity contribution in [3.05, 3.63) is 78.1 Å². The lowest BCUT2D eigenvalue weighted by Gasteiger charge is -2.02. The molecular weight excluding hydrogens is 439 g/mol. The molecule has 0 bridgehead atoms. The van der Waals surface area contributed by atoms with Crippen LogP contribution in [-0.2, 0) is 0 Å². The molecule has 0 spiro atoms. The third-order valence-electron chi connectivity index (χ3n) is 3.31. The highest BCUT2D eigenvalue weighted by atomic mass is 35.5. The fraction of sp³-hybridized carbons (Fsp3) is 0. The van der Waals surface area contributed by atoms with Gasteiger partial charge in [0.05, 0.1) is 21.1 Å². The van der Waals surface area contributed by atoms with Gasteiger partial charge < -0.3 is 0 Å². The van der Waals surface area contributed by atoms with Gasteiger partial charge in [0.1, 0.15) is 0 Å². The number of benzene rings is 1. The Kier molecular flexibility index (Phi) is 6.94. The lowest BCUT2D eigenvalue weighted by molar-refractivity contribution is 0.0943. The molecule has 0 unspecified atom stereocenters. The number of hydrogen-bond donors (Lipinski definition) is 2. The van der Waals surface area contributed by atoms with Crippen LogP contribution in [0.5, 0.6) is 0 Å². The lowest BCUT2D eigenvalue weighted by Crippen LogP contribution is -2.19. The molecule has 2 heterocycles. The van der Waals surface area contributed by atoms with Gasteiger partial charge in [0, 0.05) is 20.9 Å². The molecule has 2 N–H and O–H groups in total. The topological polar surface area (TPSA) is 82.9 Å². The van der Waals surface area contributed by atoms with Crippen LogP contribution in [0.25, 0.3) is 0 Å². The van der Waals surface area contributed by atoms with E-state index in [4.69, 9.17) is 23.2 Å². The van der Waals surface area contributed by atoms with E-state index < -0.39 is 11.8 Å². The Hall–Kier alpha value is -2.52. The second-order valence-corrected chi connectivity index (χ2v) is 8.75. The number of thiophene rings is 2. The molecule has 0 saturated heterocycles. The van der Waals surface area contributed by atoms with Gasteiger partial charge in [-0.25, -0.2) is 10.9 Å². The quantitative estimate of drug-likeness (QED) is 0.423. The van der Waals surface area contributed by atoms with Crippen LogP contribution in [0.3, 0.4) is 0 Å². The zero-order valence-electron chi connectivity index (χ0n) is 14.1. The summed E-state index contributed by atoms with van der Waals surface area (Å²) in [5.41, 5.74) is 5.58. The number of nitrogens with zero attached hydrogens (tertiary/aromatic N) is 2. The first-order chi connectivity index (χ1) is 13.5. The minimum atomic E-state index is -0.390. The molecule has 0 atom stereocenters. The summed E-state index contributed by atoms with van der Waals surface area (Å²) >= 11 is 14.3. The monoisotopic (exact) mass is 450 g/mol. The summed E-state index contributed by atoms with van der Waals surface area (Å²) in [6.45, 7) is 0. The molecule has 10 heteroatoms. The zero-order chi connectivity index (χ0) is 19.9. The molecule has 0 saturated carbocycles. The van der Waals surface area contributed by atoms with Crippen LogP contribution in [0.2, 0.25) is 8.67 Å². The largest absolute Gasteiger partial charge is 0.271 e. The first-order valence-electron chi connectivity index (χ1n) is 7.79. The van der Waals surface area contributed by atoms with E-state index in [-0.39, 0.29) is 0 Å². The Morgan fingerprint density at radius 2 is 1.11 bits per heavy atom. The number of carbonyl (C=O) groups is 2. The SMILES string of the molecule is O=C(N/N=C/c1ccc(Cl)s1)c1ccc(C(=O)N/N=C/c2ccc(Cl)s2)cc1. The molecule has 6 nitrogen and oxygen atoms in total. The molecule has 0 radical (unpaired) electrons. The van der Waals surface area contributed by atoms with Gasteiger partial charge in [-0.3, -0.25) is 9.59 Å². The van der Waals surface area contributed by atoms with E-state index in [1.165, 1.54) is 59.4 Å². The van der Waals surface area contributed by atoms with Crippen molar-refractivity contribution < 1.29 is 9.59 Å². The maximum Gasteiger partial charge on any atom is 0.271 e. The molecule has 2 aromatic heterocycles. The van der Waals surface area contributed by atoms with Crippen molar-refractivity contribution in [3.8, 4) is 0 Å². The Bertz CT molecular complexity index is 959. The van der Waals surface area contributed by atoms with E-state index in [1.807, 2.05) is 0 Å². The van der Waals surface area contributed by atoms with E-state index in [1.54, 1.807) is 24.3 Å². The van der Waals surface area contributed by atoms with Gasteiger partial charge in [0.25, 0.3) is 11.8 Å². The molecule has 28 heavy (non-hydrogen) atoms. The zero-order valence-corrected chi connectivity index (χ0v) is 17.2. The first kappa shape index (κ1) is 20.2. The highest BCUT2D eigenvalue weighted by molar-refractivity contribution is 7.18. The lowest BCUT2D eigenvalue weighted by atomic mass is 10.1. The Balaban J connectivity index is 1.53. The summed E-state index contributed by atoms with van der Waals surface area (Å²) in [5.74, 6) is -0.781. The maximum atomic E-state index is 12.1. The van der Waals surface area contributed by atoms with Crippen LogP contribution in [0, 0.1) is 0 Å². The molecule has 2 amide bonds. The molecule has 0 fully saturated rings. The van der Waals surface area contributed by atoms with E-state index >= 15 is 0 Å². The van der Waals surface area contributed by atoms with Gasteiger partial charge in [-0.2, -0.15) is 10.2 Å². The standard InChI is InChI=1S/C18H12Cl2N4O2S2/c19-15-7-5-13(27-15)9-21-23-17(25)11-1-2-12(4-3-11)18(26)24-22-10-14-6-8-16(20)28-14/h1-10H,(H,23,25)(H,24,26)/b21-9+,22-10+. The summed E-state index contributed by atoms with van der Waals surface area (Å²) in [4.78, 5) is 25.8. The molecule has 3 rings (SSSR count). The predicted molar refractivity (Wildman–Crippen MR) is 115 cm³/mol. The Morgan fingerprint density at radius 3 is 1.43 bits per heavy atom. The van der Waals surface area contributed by atoms with Crippen LogP contribution in [0.15, 0.2) is 58.7 Å². The third kappa shape index (κ3) is 5.74. The summed E-state index contributed by atoms with van der Waals surface area (Å²) < 4.78 is 1.29. The van der Waals surface area contributed by atoms with Crippen molar-refractivity contribution >= 4 is 70.1 Å². The molecule has 3 aromatic rings. The molecule has 0 aliphatic heterocycles. The number of hydrogen-bond acceptors (Lipinski definition) is 6. The van der Waals surface area contributed by atoms with Gasteiger partial charge in [0.2, 0.25) is 0 Å². The smallest absolute Gasteiger partial charge is 0.267 e. The van der Waals surface area contributed by atoms with Gasteiger partial charge in [0.15, 0.2) is 0 Å².